The maximum absolute atomic E-state index is 7.19. The smallest absolute Gasteiger partial charge is 0.261 e. The van der Waals surface area contributed by atoms with Gasteiger partial charge < -0.3 is 18.6 Å². The van der Waals surface area contributed by atoms with Gasteiger partial charge in [-0.25, -0.2) is 0 Å². The quantitative estimate of drug-likeness (QED) is 0.153. The number of hydrogen-bond acceptors (Lipinski definition) is 4. The predicted octanol–water partition coefficient (Wildman–Crippen LogP) is 7.07. The van der Waals surface area contributed by atoms with E-state index in [0.717, 1.165) is 31.3 Å². The van der Waals surface area contributed by atoms with Gasteiger partial charge in [0.25, 0.3) is 8.32 Å². The maximum atomic E-state index is 7.19. The molecule has 5 heteroatoms. The molecule has 0 amide bonds. The molecule has 0 bridgehead atoms. The van der Waals surface area contributed by atoms with Crippen molar-refractivity contribution in [1.29, 1.82) is 0 Å². The molecule has 0 aromatic heterocycles. The van der Waals surface area contributed by atoms with Gasteiger partial charge in [0.05, 0.1) is 38.6 Å². The lowest BCUT2D eigenvalue weighted by Crippen LogP contribution is -2.67. The summed E-state index contributed by atoms with van der Waals surface area (Å²) in [5.41, 5.74) is 2.21. The normalized spacial score (nSPS) is 18.6. The van der Waals surface area contributed by atoms with Crippen molar-refractivity contribution < 1.29 is 18.6 Å². The van der Waals surface area contributed by atoms with Gasteiger partial charge in [-0.15, -0.1) is 0 Å². The van der Waals surface area contributed by atoms with Crippen LogP contribution in [-0.4, -0.2) is 46.4 Å². The molecule has 1 saturated carbocycles. The minimum atomic E-state index is -2.67. The third-order valence-electron chi connectivity index (χ3n) is 7.89. The molecule has 1 aliphatic carbocycles. The Hall–Kier alpha value is -2.54. The zero-order chi connectivity index (χ0) is 29.1. The Morgan fingerprint density at radius 3 is 1.88 bits per heavy atom. The lowest BCUT2D eigenvalue weighted by Gasteiger charge is -2.43. The van der Waals surface area contributed by atoms with Crippen LogP contribution in [-0.2, 0) is 25.2 Å². The van der Waals surface area contributed by atoms with Crippen molar-refractivity contribution in [3.05, 3.63) is 109 Å². The number of benzene rings is 3. The van der Waals surface area contributed by atoms with Crippen molar-refractivity contribution in [2.24, 2.45) is 0 Å². The zero-order valence-electron chi connectivity index (χ0n) is 25.4. The van der Waals surface area contributed by atoms with Gasteiger partial charge >= 0.3 is 0 Å². The summed E-state index contributed by atoms with van der Waals surface area (Å²) >= 11 is 0. The largest absolute Gasteiger partial charge is 0.405 e. The Morgan fingerprint density at radius 2 is 1.34 bits per heavy atom. The molecule has 220 valence electrons. The highest BCUT2D eigenvalue weighted by Gasteiger charge is 2.50. The first kappa shape index (κ1) is 31.4. The predicted molar refractivity (Wildman–Crippen MR) is 171 cm³/mol. The molecule has 3 atom stereocenters. The van der Waals surface area contributed by atoms with Crippen LogP contribution in [0.3, 0.4) is 0 Å². The minimum absolute atomic E-state index is 0.0951. The van der Waals surface area contributed by atoms with E-state index in [1.54, 1.807) is 0 Å². The van der Waals surface area contributed by atoms with Crippen molar-refractivity contribution in [2.45, 2.75) is 83.3 Å². The van der Waals surface area contributed by atoms with E-state index in [1.165, 1.54) is 15.9 Å². The fraction of sp³-hybridized carbons (Fsp3) is 0.444. The molecule has 0 saturated heterocycles. The van der Waals surface area contributed by atoms with Crippen LogP contribution in [0.5, 0.6) is 0 Å². The Labute approximate surface area is 248 Å². The van der Waals surface area contributed by atoms with E-state index >= 15 is 0 Å². The number of hydrogen-bond donors (Lipinski definition) is 0. The summed E-state index contributed by atoms with van der Waals surface area (Å²) < 4.78 is 26.3. The molecule has 0 heterocycles. The highest BCUT2D eigenvalue weighted by atomic mass is 28.4. The molecule has 3 aromatic rings. The second-order valence-corrected chi connectivity index (χ2v) is 16.7. The summed E-state index contributed by atoms with van der Waals surface area (Å²) in [5.74, 6) is 0. The monoisotopic (exact) mass is 572 g/mol. The lowest BCUT2D eigenvalue weighted by atomic mass is 9.95. The van der Waals surface area contributed by atoms with Crippen LogP contribution in [0.25, 0.3) is 0 Å². The Kier molecular flexibility index (Phi) is 11.5. The highest BCUT2D eigenvalue weighted by Crippen LogP contribution is 2.37. The summed E-state index contributed by atoms with van der Waals surface area (Å²) in [4.78, 5) is 0. The average Bonchev–Trinajstić information content (AvgIpc) is 2.98. The summed E-state index contributed by atoms with van der Waals surface area (Å²) in [6.07, 6.45) is 4.34. The molecule has 3 aromatic carbocycles. The van der Waals surface area contributed by atoms with Crippen LogP contribution in [0.2, 0.25) is 5.04 Å². The fourth-order valence-corrected chi connectivity index (χ4v) is 10.4. The number of rotatable bonds is 14. The van der Waals surface area contributed by atoms with Crippen LogP contribution in [0.1, 0.15) is 58.9 Å². The van der Waals surface area contributed by atoms with Gasteiger partial charge in [-0.05, 0) is 53.6 Å². The minimum Gasteiger partial charge on any atom is -0.405 e. The van der Waals surface area contributed by atoms with Crippen molar-refractivity contribution in [3.8, 4) is 0 Å². The topological polar surface area (TPSA) is 36.9 Å². The van der Waals surface area contributed by atoms with E-state index in [1.807, 2.05) is 13.0 Å². The third-order valence-corrected chi connectivity index (χ3v) is 12.9. The van der Waals surface area contributed by atoms with Gasteiger partial charge in [-0.1, -0.05) is 124 Å². The second kappa shape index (κ2) is 15.1. The molecule has 4 nitrogen and oxygen atoms in total. The van der Waals surface area contributed by atoms with Crippen LogP contribution >= 0.6 is 0 Å². The average molecular weight is 573 g/mol. The molecule has 0 N–H and O–H groups in total. The molecule has 0 radical (unpaired) electrons. The molecule has 4 rings (SSSR count). The zero-order valence-corrected chi connectivity index (χ0v) is 26.4. The molecule has 0 aliphatic heterocycles. The van der Waals surface area contributed by atoms with E-state index in [-0.39, 0.29) is 23.4 Å². The van der Waals surface area contributed by atoms with E-state index in [0.29, 0.717) is 26.4 Å². The maximum Gasteiger partial charge on any atom is 0.261 e. The molecular formula is C36H48O4Si. The van der Waals surface area contributed by atoms with Gasteiger partial charge in [-0.3, -0.25) is 0 Å². The Balaban J connectivity index is 1.45. The summed E-state index contributed by atoms with van der Waals surface area (Å²) in [5, 5.41) is 2.44. The van der Waals surface area contributed by atoms with Crippen molar-refractivity contribution in [1.82, 2.24) is 0 Å². The lowest BCUT2D eigenvalue weighted by molar-refractivity contribution is -0.0879. The van der Waals surface area contributed by atoms with E-state index in [9.17, 15) is 0 Å². The van der Waals surface area contributed by atoms with Crippen LogP contribution in [0, 0.1) is 0 Å². The summed E-state index contributed by atoms with van der Waals surface area (Å²) in [6.45, 7) is 15.1. The van der Waals surface area contributed by atoms with Crippen LogP contribution in [0.15, 0.2) is 103 Å². The molecule has 1 unspecified atom stereocenters. The van der Waals surface area contributed by atoms with E-state index in [2.05, 4.69) is 112 Å². The molecule has 41 heavy (non-hydrogen) atoms. The fourth-order valence-electron chi connectivity index (χ4n) is 5.82. The summed E-state index contributed by atoms with van der Waals surface area (Å²) in [6, 6.07) is 31.9. The van der Waals surface area contributed by atoms with Crippen LogP contribution in [0.4, 0.5) is 0 Å². The SMILES string of the molecule is C=C(C)COC(CO[C@H]1CCC[C@@H](OCc2ccccc2)C1)CO[Si](c1ccccc1)(c1ccccc1)C(C)(C)C. The van der Waals surface area contributed by atoms with Crippen molar-refractivity contribution >= 4 is 18.7 Å². The second-order valence-electron chi connectivity index (χ2n) is 12.4. The first-order valence-corrected chi connectivity index (χ1v) is 17.0. The standard InChI is InChI=1S/C36H48O4Si/c1-29(2)25-37-33(27-39-32-19-15-18-31(24-32)38-26-30-16-9-6-10-17-30)28-40-41(36(3,4)5,34-20-11-7-12-21-34)35-22-13-8-14-23-35/h6-14,16-17,20-23,31-33H,1,15,18-19,24-28H2,2-5H3/t31-,32+,33?/m1/s1. The van der Waals surface area contributed by atoms with Crippen LogP contribution < -0.4 is 10.4 Å². The Morgan fingerprint density at radius 1 is 0.805 bits per heavy atom. The van der Waals surface area contributed by atoms with Gasteiger partial charge in [0, 0.05) is 0 Å². The first-order chi connectivity index (χ1) is 19.8. The molecule has 1 fully saturated rings. The summed E-state index contributed by atoms with van der Waals surface area (Å²) in [7, 11) is -2.67. The van der Waals surface area contributed by atoms with Gasteiger partial charge in [0.2, 0.25) is 0 Å². The highest BCUT2D eigenvalue weighted by molar-refractivity contribution is 6.99. The first-order valence-electron chi connectivity index (χ1n) is 15.1. The third kappa shape index (κ3) is 8.73. The number of ether oxygens (including phenoxy) is 3. The Bertz CT molecular complexity index is 1140. The molecule has 1 aliphatic rings. The van der Waals surface area contributed by atoms with Gasteiger partial charge in [0.1, 0.15) is 6.10 Å². The molecule has 0 spiro atoms. The van der Waals surface area contributed by atoms with Gasteiger partial charge in [0.15, 0.2) is 0 Å². The molecular weight excluding hydrogens is 524 g/mol. The van der Waals surface area contributed by atoms with E-state index < -0.39 is 8.32 Å². The van der Waals surface area contributed by atoms with E-state index in [4.69, 9.17) is 18.6 Å². The van der Waals surface area contributed by atoms with Crippen molar-refractivity contribution in [3.63, 3.8) is 0 Å². The van der Waals surface area contributed by atoms with Gasteiger partial charge in [-0.2, -0.15) is 0 Å². The van der Waals surface area contributed by atoms with Crippen molar-refractivity contribution in [2.75, 3.05) is 19.8 Å².